The number of rotatable bonds is 1. The van der Waals surface area contributed by atoms with Gasteiger partial charge >= 0.3 is 0 Å². The number of aliphatic hydroxyl groups is 1. The molecule has 0 heterocycles. The molecular weight excluding hydrogens is 100 g/mol. The van der Waals surface area contributed by atoms with Crippen LogP contribution >= 0.6 is 0 Å². The lowest BCUT2D eigenvalue weighted by Gasteiger charge is -2.05. The van der Waals surface area contributed by atoms with E-state index in [9.17, 15) is 0 Å². The van der Waals surface area contributed by atoms with Gasteiger partial charge in [-0.25, -0.2) is 0 Å². The van der Waals surface area contributed by atoms with Crippen LogP contribution in [0.25, 0.3) is 0 Å². The molecule has 0 spiro atoms. The topological polar surface area (TPSA) is 20.2 Å². The van der Waals surface area contributed by atoms with E-state index in [0.29, 0.717) is 0 Å². The predicted octanol–water partition coefficient (Wildman–Crippen LogP) is 1.11. The average molecular weight is 110 g/mol. The molecule has 0 amide bonds. The first-order chi connectivity index (χ1) is 3.84. The summed E-state index contributed by atoms with van der Waals surface area (Å²) in [6, 6.07) is 0. The largest absolute Gasteiger partial charge is 0.392 e. The van der Waals surface area contributed by atoms with Crippen LogP contribution in [0.4, 0.5) is 0 Å². The van der Waals surface area contributed by atoms with Gasteiger partial charge in [0.25, 0.3) is 0 Å². The molecule has 1 aliphatic carbocycles. The summed E-state index contributed by atoms with van der Waals surface area (Å²) in [5, 5.41) is 9.06. The number of aliphatic hydroxyl groups excluding tert-OH is 1. The Morgan fingerprint density at radius 1 is 1.75 bits per heavy atom. The second-order valence-corrected chi connectivity index (χ2v) is 2.04. The number of hydrogen-bond donors (Lipinski definition) is 1. The van der Waals surface area contributed by atoms with Crippen molar-refractivity contribution in [3.05, 3.63) is 24.8 Å². The molecule has 0 saturated carbocycles. The Labute approximate surface area is 49.3 Å². The molecule has 0 aromatic heterocycles. The summed E-state index contributed by atoms with van der Waals surface area (Å²) >= 11 is 0. The molecule has 0 aliphatic heterocycles. The summed E-state index contributed by atoms with van der Waals surface area (Å²) in [6.07, 6.45) is 6.33. The monoisotopic (exact) mass is 110 g/mol. The van der Waals surface area contributed by atoms with Crippen LogP contribution in [-0.2, 0) is 0 Å². The van der Waals surface area contributed by atoms with Gasteiger partial charge in [-0.3, -0.25) is 0 Å². The van der Waals surface area contributed by atoms with Crippen molar-refractivity contribution in [2.75, 3.05) is 0 Å². The Morgan fingerprint density at radius 2 is 2.50 bits per heavy atom. The van der Waals surface area contributed by atoms with Gasteiger partial charge in [0.15, 0.2) is 0 Å². The Balaban J connectivity index is 2.52. The minimum absolute atomic E-state index is 0.201. The Morgan fingerprint density at radius 3 is 2.75 bits per heavy atom. The summed E-state index contributed by atoms with van der Waals surface area (Å²) in [4.78, 5) is 0. The minimum atomic E-state index is -0.201. The van der Waals surface area contributed by atoms with Gasteiger partial charge in [0, 0.05) is 5.92 Å². The highest BCUT2D eigenvalue weighted by molar-refractivity contribution is 5.08. The fourth-order valence-corrected chi connectivity index (χ4v) is 0.896. The van der Waals surface area contributed by atoms with Crippen LogP contribution in [0.2, 0.25) is 0 Å². The maximum atomic E-state index is 9.06. The van der Waals surface area contributed by atoms with E-state index in [4.69, 9.17) is 5.11 Å². The molecule has 1 nitrogen and oxygen atoms in total. The Hall–Kier alpha value is -0.560. The van der Waals surface area contributed by atoms with Crippen LogP contribution in [0.5, 0.6) is 0 Å². The van der Waals surface area contributed by atoms with Gasteiger partial charge in [-0.2, -0.15) is 0 Å². The van der Waals surface area contributed by atoms with Crippen molar-refractivity contribution in [3.8, 4) is 0 Å². The van der Waals surface area contributed by atoms with Crippen LogP contribution in [0.3, 0.4) is 0 Å². The van der Waals surface area contributed by atoms with Gasteiger partial charge in [0.05, 0.1) is 6.10 Å². The molecule has 1 rings (SSSR count). The molecule has 44 valence electrons. The first-order valence-electron chi connectivity index (χ1n) is 2.82. The van der Waals surface area contributed by atoms with Crippen LogP contribution in [0, 0.1) is 5.92 Å². The van der Waals surface area contributed by atoms with Crippen molar-refractivity contribution < 1.29 is 5.11 Å². The lowest BCUT2D eigenvalue weighted by Crippen LogP contribution is -2.09. The van der Waals surface area contributed by atoms with Crippen LogP contribution < -0.4 is 0 Å². The Kier molecular flexibility index (Phi) is 1.49. The summed E-state index contributed by atoms with van der Waals surface area (Å²) in [5.74, 6) is 0.204. The van der Waals surface area contributed by atoms with E-state index in [-0.39, 0.29) is 12.0 Å². The van der Waals surface area contributed by atoms with Crippen LogP contribution in [0.15, 0.2) is 24.8 Å². The van der Waals surface area contributed by atoms with E-state index >= 15 is 0 Å². The molecule has 0 aromatic carbocycles. The van der Waals surface area contributed by atoms with Crippen LogP contribution in [-0.4, -0.2) is 11.2 Å². The molecule has 0 aromatic rings. The van der Waals surface area contributed by atoms with E-state index in [2.05, 4.69) is 6.58 Å². The zero-order valence-electron chi connectivity index (χ0n) is 4.75. The maximum Gasteiger partial charge on any atom is 0.0671 e. The van der Waals surface area contributed by atoms with Crippen molar-refractivity contribution in [1.29, 1.82) is 0 Å². The normalized spacial score (nSPS) is 35.6. The van der Waals surface area contributed by atoms with Gasteiger partial charge in [-0.1, -0.05) is 18.2 Å². The first kappa shape index (κ1) is 5.57. The fourth-order valence-electron chi connectivity index (χ4n) is 0.896. The van der Waals surface area contributed by atoms with E-state index in [1.165, 1.54) is 0 Å². The lowest BCUT2D eigenvalue weighted by atomic mass is 10.1. The van der Waals surface area contributed by atoms with Gasteiger partial charge < -0.3 is 5.11 Å². The predicted molar refractivity (Wildman–Crippen MR) is 33.5 cm³/mol. The third kappa shape index (κ3) is 0.819. The third-order valence-corrected chi connectivity index (χ3v) is 1.45. The van der Waals surface area contributed by atoms with Crippen molar-refractivity contribution >= 4 is 0 Å². The van der Waals surface area contributed by atoms with E-state index in [1.807, 2.05) is 12.2 Å². The lowest BCUT2D eigenvalue weighted by molar-refractivity contribution is 0.162. The molecule has 0 fully saturated rings. The smallest absolute Gasteiger partial charge is 0.0671 e. The zero-order valence-corrected chi connectivity index (χ0v) is 4.75. The van der Waals surface area contributed by atoms with Crippen molar-refractivity contribution in [3.63, 3.8) is 0 Å². The summed E-state index contributed by atoms with van der Waals surface area (Å²) in [7, 11) is 0. The molecule has 1 aliphatic rings. The fraction of sp³-hybridized carbons (Fsp3) is 0.429. The minimum Gasteiger partial charge on any atom is -0.392 e. The molecule has 0 bridgehead atoms. The van der Waals surface area contributed by atoms with Gasteiger partial charge in [0.1, 0.15) is 0 Å². The molecule has 1 N–H and O–H groups in total. The summed E-state index contributed by atoms with van der Waals surface area (Å²) in [5.41, 5.74) is 0. The van der Waals surface area contributed by atoms with Crippen molar-refractivity contribution in [2.24, 2.45) is 5.92 Å². The maximum absolute atomic E-state index is 9.06. The highest BCUT2D eigenvalue weighted by Crippen LogP contribution is 2.17. The standard InChI is InChI=1S/C7H10O/c1-2-6-4-3-5-7(6)8/h2-4,6-8H,1,5H2/t6-,7-/m1/s1. The highest BCUT2D eigenvalue weighted by atomic mass is 16.3. The zero-order chi connectivity index (χ0) is 5.98. The average Bonchev–Trinajstić information content (AvgIpc) is 2.14. The van der Waals surface area contributed by atoms with Gasteiger partial charge in [0.2, 0.25) is 0 Å². The molecule has 8 heavy (non-hydrogen) atoms. The highest BCUT2D eigenvalue weighted by Gasteiger charge is 2.15. The van der Waals surface area contributed by atoms with Crippen LogP contribution in [0.1, 0.15) is 6.42 Å². The molecular formula is C7H10O. The molecule has 0 unspecified atom stereocenters. The van der Waals surface area contributed by atoms with E-state index < -0.39 is 0 Å². The second-order valence-electron chi connectivity index (χ2n) is 2.04. The quantitative estimate of drug-likeness (QED) is 0.501. The Bertz CT molecular complexity index is 116. The second kappa shape index (κ2) is 2.14. The van der Waals surface area contributed by atoms with Crippen molar-refractivity contribution in [1.82, 2.24) is 0 Å². The molecule has 2 atom stereocenters. The SMILES string of the molecule is C=C[C@@H]1C=CC[C@H]1O. The summed E-state index contributed by atoms with van der Waals surface area (Å²) in [6.45, 7) is 3.58. The first-order valence-corrected chi connectivity index (χ1v) is 2.82. The van der Waals surface area contributed by atoms with E-state index in [1.54, 1.807) is 6.08 Å². The van der Waals surface area contributed by atoms with Crippen molar-refractivity contribution in [2.45, 2.75) is 12.5 Å². The molecule has 0 saturated heterocycles. The van der Waals surface area contributed by atoms with Gasteiger partial charge in [-0.15, -0.1) is 6.58 Å². The molecule has 0 radical (unpaired) electrons. The molecule has 1 heteroatoms. The summed E-state index contributed by atoms with van der Waals surface area (Å²) < 4.78 is 0. The third-order valence-electron chi connectivity index (χ3n) is 1.45. The number of hydrogen-bond acceptors (Lipinski definition) is 1. The van der Waals surface area contributed by atoms with Gasteiger partial charge in [-0.05, 0) is 6.42 Å². The van der Waals surface area contributed by atoms with E-state index in [0.717, 1.165) is 6.42 Å².